The summed E-state index contributed by atoms with van der Waals surface area (Å²) in [6.45, 7) is 4.63. The van der Waals surface area contributed by atoms with Crippen LogP contribution in [-0.2, 0) is 11.3 Å². The van der Waals surface area contributed by atoms with E-state index in [0.29, 0.717) is 6.54 Å². The maximum Gasteiger partial charge on any atom is 0.290 e. The number of pyridine rings is 1. The third-order valence-electron chi connectivity index (χ3n) is 4.26. The predicted octanol–water partition coefficient (Wildman–Crippen LogP) is 2.91. The van der Waals surface area contributed by atoms with Crippen LogP contribution in [0.3, 0.4) is 0 Å². The number of hydrogen-bond donors (Lipinski definition) is 1. The van der Waals surface area contributed by atoms with E-state index in [2.05, 4.69) is 22.3 Å². The molecule has 0 aliphatic carbocycles. The second kappa shape index (κ2) is 7.27. The zero-order valence-electron chi connectivity index (χ0n) is 13.7. The summed E-state index contributed by atoms with van der Waals surface area (Å²) in [6, 6.07) is 12.2. The predicted molar refractivity (Wildman–Crippen MR) is 92.5 cm³/mol. The maximum absolute atomic E-state index is 12.1. The van der Waals surface area contributed by atoms with Crippen LogP contribution in [0.4, 0.5) is 11.4 Å². The van der Waals surface area contributed by atoms with Gasteiger partial charge in [-0.3, -0.25) is 4.79 Å². The van der Waals surface area contributed by atoms with Crippen molar-refractivity contribution >= 4 is 17.3 Å². The van der Waals surface area contributed by atoms with E-state index < -0.39 is 0 Å². The highest BCUT2D eigenvalue weighted by atomic mass is 16.1. The number of aryl methyl sites for hydroxylation is 1. The Labute approximate surface area is 137 Å². The van der Waals surface area contributed by atoms with Crippen molar-refractivity contribution in [3.8, 4) is 0 Å². The molecule has 0 bridgehead atoms. The Bertz CT molecular complexity index is 643. The molecule has 0 spiro atoms. The molecule has 1 amide bonds. The molecule has 4 nitrogen and oxygen atoms in total. The van der Waals surface area contributed by atoms with Crippen molar-refractivity contribution in [1.82, 2.24) is 0 Å². The second-order valence-corrected chi connectivity index (χ2v) is 6.19. The minimum Gasteiger partial charge on any atom is -0.372 e. The summed E-state index contributed by atoms with van der Waals surface area (Å²) in [5.74, 6) is -0.00965. The third kappa shape index (κ3) is 4.31. The lowest BCUT2D eigenvalue weighted by Crippen LogP contribution is -2.39. The van der Waals surface area contributed by atoms with Crippen molar-refractivity contribution in [3.05, 3.63) is 54.4 Å². The van der Waals surface area contributed by atoms with Gasteiger partial charge in [-0.05, 0) is 56.0 Å². The first-order valence-corrected chi connectivity index (χ1v) is 8.31. The van der Waals surface area contributed by atoms with E-state index in [4.69, 9.17) is 0 Å². The fraction of sp³-hybridized carbons (Fsp3) is 0.368. The monoisotopic (exact) mass is 310 g/mol. The van der Waals surface area contributed by atoms with E-state index in [1.165, 1.54) is 30.5 Å². The second-order valence-electron chi connectivity index (χ2n) is 6.19. The molecule has 3 rings (SSSR count). The summed E-state index contributed by atoms with van der Waals surface area (Å²) in [7, 11) is 0. The van der Waals surface area contributed by atoms with Crippen molar-refractivity contribution in [1.29, 1.82) is 0 Å². The summed E-state index contributed by atoms with van der Waals surface area (Å²) in [6.07, 6.45) is 7.72. The van der Waals surface area contributed by atoms with Gasteiger partial charge in [-0.15, -0.1) is 0 Å². The van der Waals surface area contributed by atoms with Gasteiger partial charge in [0.05, 0.1) is 0 Å². The summed E-state index contributed by atoms with van der Waals surface area (Å²) >= 11 is 0. The van der Waals surface area contributed by atoms with Crippen LogP contribution in [0.15, 0.2) is 48.8 Å². The first kappa shape index (κ1) is 15.5. The van der Waals surface area contributed by atoms with E-state index in [1.807, 2.05) is 48.1 Å². The van der Waals surface area contributed by atoms with E-state index >= 15 is 0 Å². The number of amides is 1. The molecule has 1 N–H and O–H groups in total. The lowest BCUT2D eigenvalue weighted by Gasteiger charge is -2.28. The van der Waals surface area contributed by atoms with Crippen LogP contribution in [0.1, 0.15) is 24.8 Å². The first-order chi connectivity index (χ1) is 11.2. The highest BCUT2D eigenvalue weighted by molar-refractivity contribution is 5.89. The van der Waals surface area contributed by atoms with Gasteiger partial charge in [-0.2, -0.15) is 4.57 Å². The molecule has 0 unspecified atom stereocenters. The Morgan fingerprint density at radius 1 is 1.04 bits per heavy atom. The Morgan fingerprint density at radius 3 is 2.35 bits per heavy atom. The summed E-state index contributed by atoms with van der Waals surface area (Å²) in [4.78, 5) is 14.5. The Hall–Kier alpha value is -2.36. The van der Waals surface area contributed by atoms with Gasteiger partial charge in [0, 0.05) is 36.6 Å². The van der Waals surface area contributed by atoms with E-state index in [-0.39, 0.29) is 5.91 Å². The molecule has 1 saturated heterocycles. The number of hydrogen-bond acceptors (Lipinski definition) is 2. The fourth-order valence-electron chi connectivity index (χ4n) is 2.91. The van der Waals surface area contributed by atoms with Crippen LogP contribution in [0.25, 0.3) is 0 Å². The number of benzene rings is 1. The molecule has 0 atom stereocenters. The molecule has 1 aromatic carbocycles. The highest BCUT2D eigenvalue weighted by Gasteiger charge is 2.12. The Kier molecular flexibility index (Phi) is 4.91. The van der Waals surface area contributed by atoms with Crippen LogP contribution < -0.4 is 14.8 Å². The van der Waals surface area contributed by atoms with Crippen LogP contribution >= 0.6 is 0 Å². The minimum absolute atomic E-state index is 0.00965. The highest BCUT2D eigenvalue weighted by Crippen LogP contribution is 2.21. The zero-order valence-corrected chi connectivity index (χ0v) is 13.7. The van der Waals surface area contributed by atoms with Crippen LogP contribution in [0, 0.1) is 6.92 Å². The SMILES string of the molecule is Cc1cc[n+](CC(=O)Nc2ccc(N3CCCCC3)cc2)cc1. The average molecular weight is 310 g/mol. The molecule has 2 aromatic rings. The number of carbonyl (C=O) groups is 1. The molecular weight excluding hydrogens is 286 g/mol. The van der Waals surface area contributed by atoms with Crippen molar-refractivity contribution in [2.45, 2.75) is 32.7 Å². The summed E-state index contributed by atoms with van der Waals surface area (Å²) < 4.78 is 1.88. The van der Waals surface area contributed by atoms with Gasteiger partial charge in [0.2, 0.25) is 6.54 Å². The van der Waals surface area contributed by atoms with Crippen molar-refractivity contribution in [2.75, 3.05) is 23.3 Å². The summed E-state index contributed by atoms with van der Waals surface area (Å²) in [5.41, 5.74) is 3.29. The zero-order chi connectivity index (χ0) is 16.1. The van der Waals surface area contributed by atoms with Crippen LogP contribution in [0.2, 0.25) is 0 Å². The van der Waals surface area contributed by atoms with Gasteiger partial charge in [0.1, 0.15) is 0 Å². The van der Waals surface area contributed by atoms with Crippen molar-refractivity contribution in [3.63, 3.8) is 0 Å². The standard InChI is InChI=1S/C19H23N3O/c1-16-9-13-21(14-10-16)15-19(23)20-17-5-7-18(8-6-17)22-11-3-2-4-12-22/h5-10,13-14H,2-4,11-12,15H2,1H3/p+1. The minimum atomic E-state index is -0.00965. The molecule has 2 heterocycles. The summed E-state index contributed by atoms with van der Waals surface area (Å²) in [5, 5.41) is 2.96. The molecule has 1 aliphatic rings. The molecule has 0 saturated carbocycles. The molecule has 1 fully saturated rings. The maximum atomic E-state index is 12.1. The molecular formula is C19H24N3O+. The molecule has 120 valence electrons. The van der Waals surface area contributed by atoms with Gasteiger partial charge in [-0.25, -0.2) is 0 Å². The average Bonchev–Trinajstić information content (AvgIpc) is 2.58. The van der Waals surface area contributed by atoms with Gasteiger partial charge in [-0.1, -0.05) is 0 Å². The number of anilines is 2. The van der Waals surface area contributed by atoms with Crippen molar-refractivity contribution in [2.24, 2.45) is 0 Å². The molecule has 1 aromatic heterocycles. The first-order valence-electron chi connectivity index (χ1n) is 8.31. The molecule has 1 aliphatic heterocycles. The van der Waals surface area contributed by atoms with Crippen molar-refractivity contribution < 1.29 is 9.36 Å². The van der Waals surface area contributed by atoms with Gasteiger partial charge in [0.15, 0.2) is 12.4 Å². The number of rotatable bonds is 4. The quantitative estimate of drug-likeness (QED) is 0.882. The molecule has 4 heteroatoms. The molecule has 23 heavy (non-hydrogen) atoms. The van der Waals surface area contributed by atoms with Gasteiger partial charge < -0.3 is 10.2 Å². The van der Waals surface area contributed by atoms with E-state index in [0.717, 1.165) is 18.8 Å². The Balaban J connectivity index is 1.57. The number of aromatic nitrogens is 1. The third-order valence-corrected chi connectivity index (χ3v) is 4.26. The van der Waals surface area contributed by atoms with Crippen LogP contribution in [-0.4, -0.2) is 19.0 Å². The lowest BCUT2D eigenvalue weighted by molar-refractivity contribution is -0.684. The smallest absolute Gasteiger partial charge is 0.290 e. The number of nitrogens with one attached hydrogen (secondary N) is 1. The van der Waals surface area contributed by atoms with E-state index in [9.17, 15) is 4.79 Å². The van der Waals surface area contributed by atoms with Gasteiger partial charge >= 0.3 is 0 Å². The normalized spacial score (nSPS) is 14.6. The lowest BCUT2D eigenvalue weighted by atomic mass is 10.1. The van der Waals surface area contributed by atoms with Crippen LogP contribution in [0.5, 0.6) is 0 Å². The van der Waals surface area contributed by atoms with E-state index in [1.54, 1.807) is 0 Å². The topological polar surface area (TPSA) is 36.2 Å². The van der Waals surface area contributed by atoms with Gasteiger partial charge in [0.25, 0.3) is 5.91 Å². The fourth-order valence-corrected chi connectivity index (χ4v) is 2.91. The number of piperidine rings is 1. The number of carbonyl (C=O) groups excluding carboxylic acids is 1. The number of nitrogens with zero attached hydrogens (tertiary/aromatic N) is 2. The molecule has 0 radical (unpaired) electrons. The largest absolute Gasteiger partial charge is 0.372 e. The Morgan fingerprint density at radius 2 is 1.70 bits per heavy atom.